The number of amides is 1. The largest absolute Gasteiger partial charge is 0.328 e. The smallest absolute Gasteiger partial charge is 0.231 e. The Labute approximate surface area is 96.2 Å². The third kappa shape index (κ3) is 2.25. The number of hydrogen-bond acceptors (Lipinski definition) is 2. The van der Waals surface area contributed by atoms with Gasteiger partial charge in [0.05, 0.1) is 6.42 Å². The van der Waals surface area contributed by atoms with E-state index in [0.717, 1.165) is 30.6 Å². The normalized spacial score (nSPS) is 16.4. The average Bonchev–Trinajstić information content (AvgIpc) is 2.55. The molecule has 2 N–H and O–H groups in total. The first kappa shape index (κ1) is 11.1. The summed E-state index contributed by atoms with van der Waals surface area (Å²) in [5, 5.41) is 0. The minimum atomic E-state index is 0.214. The van der Waals surface area contributed by atoms with Crippen LogP contribution in [0, 0.1) is 0 Å². The summed E-state index contributed by atoms with van der Waals surface area (Å²) in [6, 6.07) is 8.23. The quantitative estimate of drug-likeness (QED) is 0.836. The number of carbonyl (C=O) groups excluding carboxylic acids is 1. The summed E-state index contributed by atoms with van der Waals surface area (Å²) in [7, 11) is 0. The van der Waals surface area contributed by atoms with Gasteiger partial charge in [0.2, 0.25) is 5.91 Å². The predicted octanol–water partition coefficient (Wildman–Crippen LogP) is 1.70. The van der Waals surface area contributed by atoms with Crippen LogP contribution in [0.2, 0.25) is 0 Å². The van der Waals surface area contributed by atoms with Crippen LogP contribution in [0.3, 0.4) is 0 Å². The topological polar surface area (TPSA) is 46.3 Å². The molecule has 3 heteroatoms. The molecule has 0 spiro atoms. The molecule has 1 aromatic rings. The van der Waals surface area contributed by atoms with Gasteiger partial charge in [-0.25, -0.2) is 0 Å². The van der Waals surface area contributed by atoms with Crippen molar-refractivity contribution < 1.29 is 4.79 Å². The van der Waals surface area contributed by atoms with E-state index >= 15 is 0 Å². The second-order valence-corrected chi connectivity index (χ2v) is 4.47. The summed E-state index contributed by atoms with van der Waals surface area (Å²) in [4.78, 5) is 13.7. The number of rotatable bonds is 4. The Morgan fingerprint density at radius 1 is 1.44 bits per heavy atom. The van der Waals surface area contributed by atoms with E-state index in [4.69, 9.17) is 5.73 Å². The molecule has 0 radical (unpaired) electrons. The molecule has 1 aromatic carbocycles. The molecule has 0 saturated carbocycles. The number of carbonyl (C=O) groups is 1. The Kier molecular flexibility index (Phi) is 3.25. The van der Waals surface area contributed by atoms with Crippen LogP contribution in [0.5, 0.6) is 0 Å². The molecule has 0 aromatic heterocycles. The summed E-state index contributed by atoms with van der Waals surface area (Å²) >= 11 is 0. The maximum Gasteiger partial charge on any atom is 0.231 e. The molecule has 0 fully saturated rings. The molecular formula is C13H18N2O. The second kappa shape index (κ2) is 4.66. The highest BCUT2D eigenvalue weighted by Crippen LogP contribution is 2.28. The Morgan fingerprint density at radius 2 is 2.19 bits per heavy atom. The molecule has 1 aliphatic heterocycles. The van der Waals surface area contributed by atoms with Crippen molar-refractivity contribution in [3.8, 4) is 0 Å². The zero-order chi connectivity index (χ0) is 11.5. The van der Waals surface area contributed by atoms with Crippen LogP contribution in [0.15, 0.2) is 24.3 Å². The Balaban J connectivity index is 2.02. The number of para-hydroxylation sites is 1. The highest BCUT2D eigenvalue weighted by Gasteiger charge is 2.25. The van der Waals surface area contributed by atoms with Gasteiger partial charge in [-0.1, -0.05) is 18.2 Å². The molecule has 0 bridgehead atoms. The van der Waals surface area contributed by atoms with Crippen LogP contribution in [0.25, 0.3) is 0 Å². The number of benzene rings is 1. The zero-order valence-electron chi connectivity index (χ0n) is 9.65. The standard InChI is InChI=1S/C13H18N2O/c1-10(14)5-4-8-15-12-7-3-2-6-11(12)9-13(15)16/h2-3,6-7,10H,4-5,8-9,14H2,1H3. The van der Waals surface area contributed by atoms with Crippen LogP contribution < -0.4 is 10.6 Å². The van der Waals surface area contributed by atoms with Gasteiger partial charge >= 0.3 is 0 Å². The van der Waals surface area contributed by atoms with E-state index in [0.29, 0.717) is 6.42 Å². The number of nitrogens with two attached hydrogens (primary N) is 1. The van der Waals surface area contributed by atoms with Crippen molar-refractivity contribution in [1.29, 1.82) is 0 Å². The van der Waals surface area contributed by atoms with Crippen LogP contribution in [0.1, 0.15) is 25.3 Å². The lowest BCUT2D eigenvalue weighted by Gasteiger charge is -2.17. The minimum absolute atomic E-state index is 0.214. The van der Waals surface area contributed by atoms with Crippen LogP contribution in [0.4, 0.5) is 5.69 Å². The van der Waals surface area contributed by atoms with Gasteiger partial charge in [-0.05, 0) is 31.4 Å². The van der Waals surface area contributed by atoms with Crippen molar-refractivity contribution in [1.82, 2.24) is 0 Å². The summed E-state index contributed by atoms with van der Waals surface area (Å²) in [6.07, 6.45) is 2.48. The van der Waals surface area contributed by atoms with E-state index < -0.39 is 0 Å². The number of hydrogen-bond donors (Lipinski definition) is 1. The van der Waals surface area contributed by atoms with Crippen molar-refractivity contribution in [2.75, 3.05) is 11.4 Å². The molecule has 1 heterocycles. The van der Waals surface area contributed by atoms with Gasteiger partial charge in [-0.3, -0.25) is 4.79 Å². The second-order valence-electron chi connectivity index (χ2n) is 4.47. The first-order valence-corrected chi connectivity index (χ1v) is 5.82. The summed E-state index contributed by atoms with van der Waals surface area (Å²) < 4.78 is 0. The van der Waals surface area contributed by atoms with E-state index in [2.05, 4.69) is 0 Å². The van der Waals surface area contributed by atoms with Gasteiger partial charge in [-0.15, -0.1) is 0 Å². The van der Waals surface area contributed by atoms with Crippen molar-refractivity contribution in [2.24, 2.45) is 5.73 Å². The van der Waals surface area contributed by atoms with Crippen LogP contribution in [-0.2, 0) is 11.2 Å². The van der Waals surface area contributed by atoms with Gasteiger partial charge in [-0.2, -0.15) is 0 Å². The van der Waals surface area contributed by atoms with E-state index in [1.54, 1.807) is 0 Å². The van der Waals surface area contributed by atoms with Gasteiger partial charge in [0.25, 0.3) is 0 Å². The van der Waals surface area contributed by atoms with Crippen molar-refractivity contribution in [3.63, 3.8) is 0 Å². The average molecular weight is 218 g/mol. The summed E-state index contributed by atoms with van der Waals surface area (Å²) in [6.45, 7) is 2.79. The molecule has 2 rings (SSSR count). The molecular weight excluding hydrogens is 200 g/mol. The maximum absolute atomic E-state index is 11.8. The minimum Gasteiger partial charge on any atom is -0.328 e. The third-order valence-electron chi connectivity index (χ3n) is 2.97. The van der Waals surface area contributed by atoms with E-state index in [1.165, 1.54) is 0 Å². The molecule has 0 saturated heterocycles. The van der Waals surface area contributed by atoms with Crippen molar-refractivity contribution in [2.45, 2.75) is 32.2 Å². The Bertz CT molecular complexity index is 387. The molecule has 16 heavy (non-hydrogen) atoms. The molecule has 0 aliphatic carbocycles. The fourth-order valence-electron chi connectivity index (χ4n) is 2.13. The maximum atomic E-state index is 11.8. The first-order valence-electron chi connectivity index (χ1n) is 5.82. The Morgan fingerprint density at radius 3 is 2.94 bits per heavy atom. The number of nitrogens with zero attached hydrogens (tertiary/aromatic N) is 1. The summed E-state index contributed by atoms with van der Waals surface area (Å²) in [5.41, 5.74) is 7.93. The monoisotopic (exact) mass is 218 g/mol. The van der Waals surface area contributed by atoms with E-state index in [9.17, 15) is 4.79 Å². The number of fused-ring (bicyclic) bond motifs is 1. The van der Waals surface area contributed by atoms with E-state index in [-0.39, 0.29) is 11.9 Å². The fraction of sp³-hybridized carbons (Fsp3) is 0.462. The molecule has 1 unspecified atom stereocenters. The van der Waals surface area contributed by atoms with Gasteiger partial charge < -0.3 is 10.6 Å². The molecule has 1 amide bonds. The Hall–Kier alpha value is -1.35. The van der Waals surface area contributed by atoms with Crippen molar-refractivity contribution >= 4 is 11.6 Å². The molecule has 1 atom stereocenters. The highest BCUT2D eigenvalue weighted by molar-refractivity contribution is 6.01. The van der Waals surface area contributed by atoms with Crippen LogP contribution in [-0.4, -0.2) is 18.5 Å². The molecule has 1 aliphatic rings. The lowest BCUT2D eigenvalue weighted by molar-refractivity contribution is -0.117. The zero-order valence-corrected chi connectivity index (χ0v) is 9.65. The highest BCUT2D eigenvalue weighted by atomic mass is 16.2. The fourth-order valence-corrected chi connectivity index (χ4v) is 2.13. The van der Waals surface area contributed by atoms with Gasteiger partial charge in [0, 0.05) is 18.3 Å². The lowest BCUT2D eigenvalue weighted by Crippen LogP contribution is -2.29. The molecule has 86 valence electrons. The van der Waals surface area contributed by atoms with Crippen molar-refractivity contribution in [3.05, 3.63) is 29.8 Å². The lowest BCUT2D eigenvalue weighted by atomic mass is 10.1. The predicted molar refractivity (Wildman–Crippen MR) is 65.4 cm³/mol. The van der Waals surface area contributed by atoms with Crippen LogP contribution >= 0.6 is 0 Å². The van der Waals surface area contributed by atoms with E-state index in [1.807, 2.05) is 36.1 Å². The third-order valence-corrected chi connectivity index (χ3v) is 2.97. The summed E-state index contributed by atoms with van der Waals surface area (Å²) in [5.74, 6) is 0.214. The molecule has 3 nitrogen and oxygen atoms in total. The first-order chi connectivity index (χ1) is 7.68. The van der Waals surface area contributed by atoms with Gasteiger partial charge in [0.1, 0.15) is 0 Å². The van der Waals surface area contributed by atoms with Gasteiger partial charge in [0.15, 0.2) is 0 Å². The number of anilines is 1. The SMILES string of the molecule is CC(N)CCCN1C(=O)Cc2ccccc21.